The zero-order valence-corrected chi connectivity index (χ0v) is 12.2. The van der Waals surface area contributed by atoms with Crippen LogP contribution in [0.1, 0.15) is 18.9 Å². The Balaban J connectivity index is 2.55. The van der Waals surface area contributed by atoms with Gasteiger partial charge in [0.2, 0.25) is 0 Å². The molecular formula is C12H17BrN2OS. The molecule has 0 aliphatic carbocycles. The van der Waals surface area contributed by atoms with Crippen molar-refractivity contribution in [3.63, 3.8) is 0 Å². The number of anilines is 1. The number of hydrogen-bond donors (Lipinski definition) is 2. The molecule has 0 saturated heterocycles. The van der Waals surface area contributed by atoms with E-state index in [0.29, 0.717) is 4.99 Å². The third-order valence-electron chi connectivity index (χ3n) is 2.23. The zero-order valence-electron chi connectivity index (χ0n) is 9.83. The van der Waals surface area contributed by atoms with Crippen molar-refractivity contribution in [3.05, 3.63) is 28.2 Å². The Bertz CT molecular complexity index is 385. The zero-order chi connectivity index (χ0) is 12.7. The highest BCUT2D eigenvalue weighted by molar-refractivity contribution is 9.10. The van der Waals surface area contributed by atoms with Crippen LogP contribution in [0.4, 0.5) is 5.69 Å². The Hall–Kier alpha value is -0.650. The highest BCUT2D eigenvalue weighted by atomic mass is 79.9. The fraction of sp³-hybridized carbons (Fsp3) is 0.417. The van der Waals surface area contributed by atoms with Crippen LogP contribution in [0.2, 0.25) is 0 Å². The summed E-state index contributed by atoms with van der Waals surface area (Å²) in [7, 11) is 0. The van der Waals surface area contributed by atoms with Crippen LogP contribution >= 0.6 is 28.1 Å². The van der Waals surface area contributed by atoms with Crippen molar-refractivity contribution in [1.29, 1.82) is 0 Å². The standard InChI is InChI=1S/C12H17BrN2OS/c1-2-16-7-3-6-15-11-5-4-9(13)8-10(11)12(14)17/h4-5,8,15H,2-3,6-7H2,1H3,(H2,14,17). The van der Waals surface area contributed by atoms with Gasteiger partial charge >= 0.3 is 0 Å². The second-order valence-electron chi connectivity index (χ2n) is 3.53. The van der Waals surface area contributed by atoms with E-state index in [9.17, 15) is 0 Å². The molecule has 0 fully saturated rings. The molecule has 5 heteroatoms. The minimum Gasteiger partial charge on any atom is -0.389 e. The molecule has 0 bridgehead atoms. The van der Waals surface area contributed by atoms with E-state index in [1.54, 1.807) is 0 Å². The van der Waals surface area contributed by atoms with E-state index in [1.165, 1.54) is 0 Å². The predicted octanol–water partition coefficient (Wildman–Crippen LogP) is 2.92. The van der Waals surface area contributed by atoms with Gasteiger partial charge in [-0.3, -0.25) is 0 Å². The molecule has 0 atom stereocenters. The van der Waals surface area contributed by atoms with E-state index in [0.717, 1.165) is 41.9 Å². The number of halogens is 1. The van der Waals surface area contributed by atoms with Crippen molar-refractivity contribution in [1.82, 2.24) is 0 Å². The van der Waals surface area contributed by atoms with Gasteiger partial charge in [-0.15, -0.1) is 0 Å². The van der Waals surface area contributed by atoms with Crippen LogP contribution in [0.3, 0.4) is 0 Å². The van der Waals surface area contributed by atoms with Crippen molar-refractivity contribution >= 4 is 38.8 Å². The number of hydrogen-bond acceptors (Lipinski definition) is 3. The molecule has 0 unspecified atom stereocenters. The summed E-state index contributed by atoms with van der Waals surface area (Å²) in [6.07, 6.45) is 0.959. The van der Waals surface area contributed by atoms with Crippen molar-refractivity contribution < 1.29 is 4.74 Å². The lowest BCUT2D eigenvalue weighted by molar-refractivity contribution is 0.147. The van der Waals surface area contributed by atoms with Crippen LogP contribution in [-0.2, 0) is 4.74 Å². The number of benzene rings is 1. The molecule has 3 N–H and O–H groups in total. The summed E-state index contributed by atoms with van der Waals surface area (Å²) >= 11 is 8.43. The summed E-state index contributed by atoms with van der Waals surface area (Å²) in [5, 5.41) is 3.31. The summed E-state index contributed by atoms with van der Waals surface area (Å²) < 4.78 is 6.24. The molecule has 0 saturated carbocycles. The Kier molecular flexibility index (Phi) is 6.47. The van der Waals surface area contributed by atoms with Crippen LogP contribution in [0.5, 0.6) is 0 Å². The molecule has 0 radical (unpaired) electrons. The maximum absolute atomic E-state index is 5.68. The molecule has 1 aromatic rings. The quantitative estimate of drug-likeness (QED) is 0.600. The molecule has 0 spiro atoms. The first-order chi connectivity index (χ1) is 8.15. The summed E-state index contributed by atoms with van der Waals surface area (Å²) in [6, 6.07) is 5.86. The first kappa shape index (κ1) is 14.4. The van der Waals surface area contributed by atoms with Gasteiger partial charge in [0.1, 0.15) is 4.99 Å². The Morgan fingerprint density at radius 2 is 2.29 bits per heavy atom. The molecule has 1 rings (SSSR count). The topological polar surface area (TPSA) is 47.3 Å². The van der Waals surface area contributed by atoms with Crippen LogP contribution in [0, 0.1) is 0 Å². The van der Waals surface area contributed by atoms with Crippen LogP contribution in [-0.4, -0.2) is 24.7 Å². The largest absolute Gasteiger partial charge is 0.389 e. The molecular weight excluding hydrogens is 300 g/mol. The molecule has 0 aliphatic rings. The van der Waals surface area contributed by atoms with Gasteiger partial charge in [0.25, 0.3) is 0 Å². The Morgan fingerprint density at radius 1 is 1.53 bits per heavy atom. The number of rotatable bonds is 7. The van der Waals surface area contributed by atoms with E-state index < -0.39 is 0 Å². The van der Waals surface area contributed by atoms with Gasteiger partial charge in [-0.25, -0.2) is 0 Å². The van der Waals surface area contributed by atoms with Gasteiger partial charge in [-0.2, -0.15) is 0 Å². The second-order valence-corrected chi connectivity index (χ2v) is 4.89. The van der Waals surface area contributed by atoms with E-state index in [2.05, 4.69) is 21.2 Å². The van der Waals surface area contributed by atoms with Gasteiger partial charge in [-0.1, -0.05) is 28.1 Å². The van der Waals surface area contributed by atoms with Gasteiger partial charge in [-0.05, 0) is 31.5 Å². The summed E-state index contributed by atoms with van der Waals surface area (Å²) in [5.74, 6) is 0. The van der Waals surface area contributed by atoms with Crippen LogP contribution in [0.15, 0.2) is 22.7 Å². The van der Waals surface area contributed by atoms with Crippen molar-refractivity contribution in [2.75, 3.05) is 25.1 Å². The van der Waals surface area contributed by atoms with E-state index in [-0.39, 0.29) is 0 Å². The number of nitrogens with two attached hydrogens (primary N) is 1. The lowest BCUT2D eigenvalue weighted by atomic mass is 10.2. The van der Waals surface area contributed by atoms with Gasteiger partial charge in [0, 0.05) is 35.5 Å². The van der Waals surface area contributed by atoms with E-state index in [4.69, 9.17) is 22.7 Å². The van der Waals surface area contributed by atoms with Gasteiger partial charge < -0.3 is 15.8 Å². The summed E-state index contributed by atoms with van der Waals surface area (Å²) in [4.78, 5) is 0.401. The summed E-state index contributed by atoms with van der Waals surface area (Å²) in [6.45, 7) is 4.36. The first-order valence-corrected chi connectivity index (χ1v) is 6.76. The number of thiocarbonyl (C=S) groups is 1. The fourth-order valence-electron chi connectivity index (χ4n) is 1.42. The first-order valence-electron chi connectivity index (χ1n) is 5.56. The molecule has 0 aliphatic heterocycles. The monoisotopic (exact) mass is 316 g/mol. The fourth-order valence-corrected chi connectivity index (χ4v) is 1.95. The second kappa shape index (κ2) is 7.63. The maximum atomic E-state index is 5.68. The van der Waals surface area contributed by atoms with Crippen molar-refractivity contribution in [2.24, 2.45) is 5.73 Å². The molecule has 0 amide bonds. The van der Waals surface area contributed by atoms with E-state index in [1.807, 2.05) is 25.1 Å². The maximum Gasteiger partial charge on any atom is 0.106 e. The lowest BCUT2D eigenvalue weighted by Crippen LogP contribution is -2.14. The Labute approximate surface area is 116 Å². The average molecular weight is 317 g/mol. The van der Waals surface area contributed by atoms with Crippen molar-refractivity contribution in [3.8, 4) is 0 Å². The highest BCUT2D eigenvalue weighted by Gasteiger charge is 2.05. The molecule has 94 valence electrons. The third kappa shape index (κ3) is 5.02. The normalized spacial score (nSPS) is 10.2. The van der Waals surface area contributed by atoms with Crippen LogP contribution < -0.4 is 11.1 Å². The third-order valence-corrected chi connectivity index (χ3v) is 2.95. The minimum atomic E-state index is 0.401. The molecule has 17 heavy (non-hydrogen) atoms. The van der Waals surface area contributed by atoms with E-state index >= 15 is 0 Å². The van der Waals surface area contributed by atoms with Crippen molar-refractivity contribution in [2.45, 2.75) is 13.3 Å². The molecule has 1 aromatic carbocycles. The van der Waals surface area contributed by atoms with Crippen LogP contribution in [0.25, 0.3) is 0 Å². The number of ether oxygens (including phenoxy) is 1. The lowest BCUT2D eigenvalue weighted by Gasteiger charge is -2.11. The molecule has 0 aromatic heterocycles. The Morgan fingerprint density at radius 3 is 2.94 bits per heavy atom. The minimum absolute atomic E-state index is 0.401. The van der Waals surface area contributed by atoms with Gasteiger partial charge in [0.15, 0.2) is 0 Å². The SMILES string of the molecule is CCOCCCNc1ccc(Br)cc1C(N)=S. The molecule has 3 nitrogen and oxygen atoms in total. The smallest absolute Gasteiger partial charge is 0.106 e. The molecule has 0 heterocycles. The van der Waals surface area contributed by atoms with Gasteiger partial charge in [0.05, 0.1) is 0 Å². The summed E-state index contributed by atoms with van der Waals surface area (Å²) in [5.41, 5.74) is 7.52. The number of nitrogens with one attached hydrogen (secondary N) is 1. The predicted molar refractivity (Wildman–Crippen MR) is 79.6 cm³/mol. The highest BCUT2D eigenvalue weighted by Crippen LogP contribution is 2.20. The average Bonchev–Trinajstić information content (AvgIpc) is 2.30.